The van der Waals surface area contributed by atoms with E-state index in [1.54, 1.807) is 18.3 Å². The van der Waals surface area contributed by atoms with Gasteiger partial charge in [-0.2, -0.15) is 8.78 Å². The number of amides is 1. The van der Waals surface area contributed by atoms with Crippen LogP contribution in [0.4, 0.5) is 8.78 Å². The van der Waals surface area contributed by atoms with E-state index < -0.39 is 24.3 Å². The first kappa shape index (κ1) is 14.0. The molecule has 0 bridgehead atoms. The zero-order valence-corrected chi connectivity index (χ0v) is 10.3. The molecule has 0 fully saturated rings. The SMILES string of the molecule is O=C(N[C@H](Cc1c[nH]c2ccccc12)C(=O)O)C(F)F. The normalized spacial score (nSPS) is 12.6. The fourth-order valence-corrected chi connectivity index (χ4v) is 1.96. The van der Waals surface area contributed by atoms with Gasteiger partial charge in [0.15, 0.2) is 0 Å². The Hall–Kier alpha value is -2.44. The number of rotatable bonds is 5. The molecule has 1 aromatic carbocycles. The Morgan fingerprint density at radius 3 is 2.65 bits per heavy atom. The Labute approximate surface area is 112 Å². The lowest BCUT2D eigenvalue weighted by atomic mass is 10.1. The summed E-state index contributed by atoms with van der Waals surface area (Å²) in [6, 6.07) is 5.81. The van der Waals surface area contributed by atoms with Gasteiger partial charge in [0.25, 0.3) is 5.91 Å². The van der Waals surface area contributed by atoms with Crippen molar-refractivity contribution in [1.82, 2.24) is 10.3 Å². The topological polar surface area (TPSA) is 82.2 Å². The van der Waals surface area contributed by atoms with E-state index in [2.05, 4.69) is 4.98 Å². The molecule has 7 heteroatoms. The highest BCUT2D eigenvalue weighted by molar-refractivity contribution is 5.87. The number of carbonyl (C=O) groups is 2. The second kappa shape index (κ2) is 5.68. The van der Waals surface area contributed by atoms with Crippen molar-refractivity contribution in [1.29, 1.82) is 0 Å². The Bertz CT molecular complexity index is 639. The summed E-state index contributed by atoms with van der Waals surface area (Å²) in [6.45, 7) is 0. The number of carboxylic acids is 1. The minimum Gasteiger partial charge on any atom is -0.480 e. The number of H-pyrrole nitrogens is 1. The summed E-state index contributed by atoms with van der Waals surface area (Å²) in [5.74, 6) is -2.94. The van der Waals surface area contributed by atoms with Gasteiger partial charge in [-0.1, -0.05) is 18.2 Å². The Kier molecular flexibility index (Phi) is 3.97. The molecule has 5 nitrogen and oxygen atoms in total. The number of aromatic amines is 1. The number of halogens is 2. The molecule has 1 amide bonds. The second-order valence-corrected chi connectivity index (χ2v) is 4.26. The van der Waals surface area contributed by atoms with Gasteiger partial charge in [-0.05, 0) is 11.6 Å². The van der Waals surface area contributed by atoms with Crippen molar-refractivity contribution >= 4 is 22.8 Å². The largest absolute Gasteiger partial charge is 0.480 e. The third-order valence-corrected chi connectivity index (χ3v) is 2.91. The summed E-state index contributed by atoms with van der Waals surface area (Å²) in [5.41, 5.74) is 1.45. The van der Waals surface area contributed by atoms with E-state index in [1.165, 1.54) is 0 Å². The maximum atomic E-state index is 12.2. The van der Waals surface area contributed by atoms with Crippen LogP contribution >= 0.6 is 0 Å². The highest BCUT2D eigenvalue weighted by atomic mass is 19.3. The standard InChI is InChI=1S/C13H12F2N2O3/c14-11(15)12(18)17-10(13(19)20)5-7-6-16-9-4-2-1-3-8(7)9/h1-4,6,10-11,16H,5H2,(H,17,18)(H,19,20)/t10-/m1/s1. The summed E-state index contributed by atoms with van der Waals surface area (Å²) < 4.78 is 24.3. The smallest absolute Gasteiger partial charge is 0.326 e. The summed E-state index contributed by atoms with van der Waals surface area (Å²) in [5, 5.41) is 11.6. The van der Waals surface area contributed by atoms with Crippen molar-refractivity contribution in [3.05, 3.63) is 36.0 Å². The molecule has 3 N–H and O–H groups in total. The first-order chi connectivity index (χ1) is 9.49. The number of nitrogens with one attached hydrogen (secondary N) is 2. The minimum atomic E-state index is -3.24. The van der Waals surface area contributed by atoms with Crippen molar-refractivity contribution in [3.63, 3.8) is 0 Å². The quantitative estimate of drug-likeness (QED) is 0.778. The molecule has 2 aromatic rings. The summed E-state index contributed by atoms with van der Waals surface area (Å²) in [4.78, 5) is 24.9. The molecule has 0 aliphatic heterocycles. The van der Waals surface area contributed by atoms with Crippen molar-refractivity contribution < 1.29 is 23.5 Å². The second-order valence-electron chi connectivity index (χ2n) is 4.26. The van der Waals surface area contributed by atoms with E-state index in [9.17, 15) is 18.4 Å². The molecular weight excluding hydrogens is 270 g/mol. The minimum absolute atomic E-state index is 0.0716. The maximum absolute atomic E-state index is 12.2. The number of aromatic nitrogens is 1. The van der Waals surface area contributed by atoms with Gasteiger partial charge in [0, 0.05) is 23.5 Å². The molecule has 0 aliphatic rings. The number of fused-ring (bicyclic) bond motifs is 1. The van der Waals surface area contributed by atoms with Crippen molar-refractivity contribution in [2.75, 3.05) is 0 Å². The summed E-state index contributed by atoms with van der Waals surface area (Å²) in [6.07, 6.45) is -1.70. The summed E-state index contributed by atoms with van der Waals surface area (Å²) >= 11 is 0. The van der Waals surface area contributed by atoms with Crippen molar-refractivity contribution in [3.8, 4) is 0 Å². The van der Waals surface area contributed by atoms with E-state index in [4.69, 9.17) is 5.11 Å². The van der Waals surface area contributed by atoms with Gasteiger partial charge in [0.05, 0.1) is 0 Å². The molecule has 0 radical (unpaired) electrons. The number of alkyl halides is 2. The molecule has 0 saturated carbocycles. The number of hydrogen-bond donors (Lipinski definition) is 3. The van der Waals surface area contributed by atoms with E-state index >= 15 is 0 Å². The van der Waals surface area contributed by atoms with Gasteiger partial charge in [0.2, 0.25) is 0 Å². The van der Waals surface area contributed by atoms with Crippen molar-refractivity contribution in [2.24, 2.45) is 0 Å². The highest BCUT2D eigenvalue weighted by Crippen LogP contribution is 2.19. The molecule has 1 atom stereocenters. The van der Waals surface area contributed by atoms with E-state index in [-0.39, 0.29) is 6.42 Å². The zero-order chi connectivity index (χ0) is 14.7. The molecule has 1 aromatic heterocycles. The molecule has 106 valence electrons. The molecular formula is C13H12F2N2O3. The number of aliphatic carboxylic acids is 1. The van der Waals surface area contributed by atoms with Crippen LogP contribution < -0.4 is 5.32 Å². The van der Waals surface area contributed by atoms with Crippen LogP contribution in [0.1, 0.15) is 5.56 Å². The number of carbonyl (C=O) groups excluding carboxylic acids is 1. The van der Waals surface area contributed by atoms with Gasteiger partial charge in [-0.3, -0.25) is 4.79 Å². The van der Waals surface area contributed by atoms with Crippen LogP contribution in [0, 0.1) is 0 Å². The van der Waals surface area contributed by atoms with E-state index in [0.29, 0.717) is 5.56 Å². The first-order valence-electron chi connectivity index (χ1n) is 5.85. The van der Waals surface area contributed by atoms with Crippen LogP contribution in [-0.4, -0.2) is 34.4 Å². The number of carboxylic acid groups (broad SMARTS) is 1. The van der Waals surface area contributed by atoms with Crippen molar-refractivity contribution in [2.45, 2.75) is 18.9 Å². The average Bonchev–Trinajstić information content (AvgIpc) is 2.81. The van der Waals surface area contributed by atoms with E-state index in [1.807, 2.05) is 17.4 Å². The number of para-hydroxylation sites is 1. The lowest BCUT2D eigenvalue weighted by molar-refractivity contribution is -0.144. The predicted octanol–water partition coefficient (Wildman–Crippen LogP) is 1.54. The van der Waals surface area contributed by atoms with Crippen LogP contribution in [0.25, 0.3) is 10.9 Å². The zero-order valence-electron chi connectivity index (χ0n) is 10.3. The maximum Gasteiger partial charge on any atom is 0.326 e. The van der Waals surface area contributed by atoms with Gasteiger partial charge < -0.3 is 15.4 Å². The Morgan fingerprint density at radius 1 is 1.30 bits per heavy atom. The lowest BCUT2D eigenvalue weighted by Gasteiger charge is -2.13. The molecule has 1 heterocycles. The van der Waals surface area contributed by atoms with Crippen LogP contribution in [0.5, 0.6) is 0 Å². The first-order valence-corrected chi connectivity index (χ1v) is 5.85. The molecule has 0 spiro atoms. The molecule has 0 unspecified atom stereocenters. The van der Waals surface area contributed by atoms with Crippen LogP contribution in [-0.2, 0) is 16.0 Å². The monoisotopic (exact) mass is 282 g/mol. The third-order valence-electron chi connectivity index (χ3n) is 2.91. The molecule has 0 aliphatic carbocycles. The molecule has 0 saturated heterocycles. The number of hydrogen-bond acceptors (Lipinski definition) is 2. The lowest BCUT2D eigenvalue weighted by Crippen LogP contribution is -2.44. The van der Waals surface area contributed by atoms with Crippen LogP contribution in [0.3, 0.4) is 0 Å². The predicted molar refractivity (Wildman–Crippen MR) is 67.6 cm³/mol. The molecule has 2 rings (SSSR count). The number of benzene rings is 1. The average molecular weight is 282 g/mol. The Morgan fingerprint density at radius 2 is 2.00 bits per heavy atom. The highest BCUT2D eigenvalue weighted by Gasteiger charge is 2.25. The van der Waals surface area contributed by atoms with Gasteiger partial charge >= 0.3 is 12.4 Å². The molecule has 20 heavy (non-hydrogen) atoms. The van der Waals surface area contributed by atoms with Crippen LogP contribution in [0.15, 0.2) is 30.5 Å². The Balaban J connectivity index is 2.20. The fourth-order valence-electron chi connectivity index (χ4n) is 1.96. The van der Waals surface area contributed by atoms with Gasteiger partial charge in [0.1, 0.15) is 6.04 Å². The third kappa shape index (κ3) is 2.93. The van der Waals surface area contributed by atoms with E-state index in [0.717, 1.165) is 10.9 Å². The van der Waals surface area contributed by atoms with Gasteiger partial charge in [-0.25, -0.2) is 4.79 Å². The summed E-state index contributed by atoms with van der Waals surface area (Å²) in [7, 11) is 0. The van der Waals surface area contributed by atoms with Crippen LogP contribution in [0.2, 0.25) is 0 Å². The fraction of sp³-hybridized carbons (Fsp3) is 0.231. The van der Waals surface area contributed by atoms with Gasteiger partial charge in [-0.15, -0.1) is 0 Å².